The highest BCUT2D eigenvalue weighted by Crippen LogP contribution is 2.40. The van der Waals surface area contributed by atoms with E-state index in [1.165, 1.54) is 0 Å². The molecule has 5 rings (SSSR count). The summed E-state index contributed by atoms with van der Waals surface area (Å²) in [7, 11) is 0. The topological polar surface area (TPSA) is 93.6 Å². The van der Waals surface area contributed by atoms with Crippen molar-refractivity contribution in [2.24, 2.45) is 9.98 Å². The fourth-order valence-electron chi connectivity index (χ4n) is 5.20. The van der Waals surface area contributed by atoms with Crippen molar-refractivity contribution in [2.45, 2.75) is 34.6 Å². The van der Waals surface area contributed by atoms with Crippen molar-refractivity contribution in [3.63, 3.8) is 0 Å². The third kappa shape index (κ3) is 6.05. The molecule has 208 valence electrons. The van der Waals surface area contributed by atoms with Gasteiger partial charge in [-0.1, -0.05) is 12.1 Å². The van der Waals surface area contributed by atoms with E-state index in [1.54, 1.807) is 37.0 Å². The summed E-state index contributed by atoms with van der Waals surface area (Å²) in [5.74, 6) is 0. The van der Waals surface area contributed by atoms with Gasteiger partial charge in [-0.15, -0.1) is 0 Å². The molecule has 7 nitrogen and oxygen atoms in total. The lowest BCUT2D eigenvalue weighted by Gasteiger charge is -2.16. The second-order valence-electron chi connectivity index (χ2n) is 10.4. The zero-order valence-electron chi connectivity index (χ0n) is 24.3. The Kier molecular flexibility index (Phi) is 8.11. The highest BCUT2D eigenvalue weighted by Gasteiger charge is 2.19. The number of aliphatic imine (C=N–C) groups is 2. The molecule has 0 spiro atoms. The smallest absolute Gasteiger partial charge is 0.258 e. The summed E-state index contributed by atoms with van der Waals surface area (Å²) in [4.78, 5) is 29.7. The molecular weight excluding hydrogens is 522 g/mol. The minimum Gasteiger partial charge on any atom is -0.258 e. The molecule has 42 heavy (non-hydrogen) atoms. The van der Waals surface area contributed by atoms with Gasteiger partial charge in [0.25, 0.3) is 5.69 Å². The number of hydrogen-bond acceptors (Lipinski definition) is 6. The Bertz CT molecular complexity index is 1670. The number of aromatic nitrogens is 2. The Labute approximate surface area is 245 Å². The Balaban J connectivity index is 1.57. The first kappa shape index (κ1) is 28.2. The van der Waals surface area contributed by atoms with E-state index in [9.17, 15) is 10.1 Å². The van der Waals surface area contributed by atoms with E-state index in [0.29, 0.717) is 0 Å². The van der Waals surface area contributed by atoms with Gasteiger partial charge in [0.15, 0.2) is 0 Å². The number of nitrogens with zero attached hydrogens (tertiary/aromatic N) is 5. The summed E-state index contributed by atoms with van der Waals surface area (Å²) < 4.78 is 0. The van der Waals surface area contributed by atoms with Gasteiger partial charge in [-0.2, -0.15) is 0 Å². The minimum absolute atomic E-state index is 0.0470. The van der Waals surface area contributed by atoms with E-state index in [-0.39, 0.29) is 10.6 Å². The maximum absolute atomic E-state index is 12.1. The summed E-state index contributed by atoms with van der Waals surface area (Å²) in [5.41, 5.74) is 11.7. The molecule has 7 heteroatoms. The lowest BCUT2D eigenvalue weighted by atomic mass is 9.89. The van der Waals surface area contributed by atoms with Gasteiger partial charge in [-0.05, 0) is 133 Å². The number of pyridine rings is 2. The highest BCUT2D eigenvalue weighted by molar-refractivity contribution is 5.86. The molecule has 0 atom stereocenters. The number of benzene rings is 3. The average Bonchev–Trinajstić information content (AvgIpc) is 2.97. The monoisotopic (exact) mass is 553 g/mol. The van der Waals surface area contributed by atoms with E-state index in [0.717, 1.165) is 72.8 Å². The summed E-state index contributed by atoms with van der Waals surface area (Å²) in [6, 6.07) is 22.9. The standard InChI is InChI=1S/C35H31N5O2/c1-22-14-27(15-23(2)34(22)38-20-29-10-6-8-12-36-29)32-18-31(40(41)42)19-33(26(32)5)28-16-24(3)35(25(4)17-28)39-21-30-11-7-9-13-37-30/h6-21H,1-5H3. The number of nitro benzene ring substituents is 1. The summed E-state index contributed by atoms with van der Waals surface area (Å²) >= 11 is 0. The average molecular weight is 554 g/mol. The van der Waals surface area contributed by atoms with Crippen LogP contribution in [0.3, 0.4) is 0 Å². The Morgan fingerprint density at radius 2 is 1.05 bits per heavy atom. The van der Waals surface area contributed by atoms with E-state index in [1.807, 2.05) is 95.3 Å². The van der Waals surface area contributed by atoms with Crippen LogP contribution in [0.4, 0.5) is 17.1 Å². The number of nitro groups is 1. The van der Waals surface area contributed by atoms with Crippen LogP contribution in [0.25, 0.3) is 22.3 Å². The largest absolute Gasteiger partial charge is 0.270 e. The zero-order chi connectivity index (χ0) is 29.8. The summed E-state index contributed by atoms with van der Waals surface area (Å²) in [6.45, 7) is 10.0. The number of rotatable bonds is 7. The van der Waals surface area contributed by atoms with Gasteiger partial charge >= 0.3 is 0 Å². The Hall–Kier alpha value is -5.30. The van der Waals surface area contributed by atoms with E-state index < -0.39 is 0 Å². The number of hydrogen-bond donors (Lipinski definition) is 0. The van der Waals surface area contributed by atoms with Gasteiger partial charge in [0.05, 0.1) is 40.1 Å². The van der Waals surface area contributed by atoms with Crippen LogP contribution in [0.2, 0.25) is 0 Å². The quantitative estimate of drug-likeness (QED) is 0.114. The Morgan fingerprint density at radius 1 is 0.643 bits per heavy atom. The second kappa shape index (κ2) is 12.1. The van der Waals surface area contributed by atoms with Crippen LogP contribution in [0, 0.1) is 44.7 Å². The minimum atomic E-state index is -0.330. The molecule has 0 aliphatic rings. The fraction of sp³-hybridized carbons (Fsp3) is 0.143. The van der Waals surface area contributed by atoms with Gasteiger partial charge in [0.1, 0.15) is 0 Å². The lowest BCUT2D eigenvalue weighted by molar-refractivity contribution is -0.384. The SMILES string of the molecule is Cc1cc(-c2cc([N+](=O)[O-])cc(-c3cc(C)c(N=Cc4ccccn4)c(C)c3)c2C)cc(C)c1N=Cc1ccccn1. The Morgan fingerprint density at radius 3 is 1.38 bits per heavy atom. The van der Waals surface area contributed by atoms with Crippen LogP contribution in [-0.4, -0.2) is 27.3 Å². The van der Waals surface area contributed by atoms with Gasteiger partial charge in [0.2, 0.25) is 0 Å². The van der Waals surface area contributed by atoms with Gasteiger partial charge in [-0.25, -0.2) is 0 Å². The second-order valence-corrected chi connectivity index (χ2v) is 10.4. The molecule has 2 aromatic heterocycles. The molecule has 0 fully saturated rings. The molecule has 0 N–H and O–H groups in total. The maximum Gasteiger partial charge on any atom is 0.270 e. The molecule has 2 heterocycles. The molecule has 0 aliphatic carbocycles. The fourth-order valence-corrected chi connectivity index (χ4v) is 5.20. The highest BCUT2D eigenvalue weighted by atomic mass is 16.6. The van der Waals surface area contributed by atoms with Gasteiger partial charge < -0.3 is 0 Å². The van der Waals surface area contributed by atoms with Crippen molar-refractivity contribution in [3.05, 3.63) is 135 Å². The maximum atomic E-state index is 12.1. The first-order chi connectivity index (χ1) is 20.2. The van der Waals surface area contributed by atoms with Crippen LogP contribution in [0.5, 0.6) is 0 Å². The number of aryl methyl sites for hydroxylation is 4. The molecule has 0 aliphatic heterocycles. The van der Waals surface area contributed by atoms with E-state index in [2.05, 4.69) is 9.97 Å². The van der Waals surface area contributed by atoms with Gasteiger partial charge in [0, 0.05) is 24.5 Å². The van der Waals surface area contributed by atoms with Crippen LogP contribution < -0.4 is 0 Å². The zero-order valence-corrected chi connectivity index (χ0v) is 24.3. The molecule has 0 saturated heterocycles. The predicted octanol–water partition coefficient (Wildman–Crippen LogP) is 8.76. The first-order valence-corrected chi connectivity index (χ1v) is 13.6. The van der Waals surface area contributed by atoms with Crippen molar-refractivity contribution >= 4 is 29.5 Å². The molecule has 3 aromatic carbocycles. The van der Waals surface area contributed by atoms with Crippen molar-refractivity contribution in [1.82, 2.24) is 9.97 Å². The van der Waals surface area contributed by atoms with Crippen LogP contribution in [0.15, 0.2) is 95.2 Å². The molecular formula is C35H31N5O2. The van der Waals surface area contributed by atoms with Crippen molar-refractivity contribution < 1.29 is 4.92 Å². The predicted molar refractivity (Wildman–Crippen MR) is 171 cm³/mol. The normalized spacial score (nSPS) is 11.5. The molecule has 0 amide bonds. The molecule has 0 saturated carbocycles. The molecule has 0 bridgehead atoms. The van der Waals surface area contributed by atoms with E-state index in [4.69, 9.17) is 9.98 Å². The lowest BCUT2D eigenvalue weighted by Crippen LogP contribution is -1.96. The number of non-ortho nitro benzene ring substituents is 1. The molecule has 0 unspecified atom stereocenters. The van der Waals surface area contributed by atoms with E-state index >= 15 is 0 Å². The van der Waals surface area contributed by atoms with Gasteiger partial charge in [-0.3, -0.25) is 30.1 Å². The van der Waals surface area contributed by atoms with Crippen LogP contribution >= 0.6 is 0 Å². The molecule has 5 aromatic rings. The summed E-state index contributed by atoms with van der Waals surface area (Å²) in [5, 5.41) is 12.1. The van der Waals surface area contributed by atoms with Crippen molar-refractivity contribution in [1.29, 1.82) is 0 Å². The third-order valence-corrected chi connectivity index (χ3v) is 7.23. The van der Waals surface area contributed by atoms with Crippen molar-refractivity contribution in [2.75, 3.05) is 0 Å². The third-order valence-electron chi connectivity index (χ3n) is 7.23. The molecule has 0 radical (unpaired) electrons. The van der Waals surface area contributed by atoms with Crippen LogP contribution in [-0.2, 0) is 0 Å². The van der Waals surface area contributed by atoms with Crippen molar-refractivity contribution in [3.8, 4) is 22.3 Å². The van der Waals surface area contributed by atoms with Crippen LogP contribution in [0.1, 0.15) is 39.2 Å². The summed E-state index contributed by atoms with van der Waals surface area (Å²) in [6.07, 6.45) is 6.97. The first-order valence-electron chi connectivity index (χ1n) is 13.6.